The molecule has 2 rings (SSSR count). The van der Waals surface area contributed by atoms with Crippen molar-refractivity contribution in [2.75, 3.05) is 0 Å². The number of carboxylic acid groups (broad SMARTS) is 1. The van der Waals surface area contributed by atoms with Crippen LogP contribution in [0, 0.1) is 5.82 Å². The summed E-state index contributed by atoms with van der Waals surface area (Å²) in [5.74, 6) is -0.999. The molecule has 4 nitrogen and oxygen atoms in total. The van der Waals surface area contributed by atoms with Crippen molar-refractivity contribution in [1.29, 1.82) is 0 Å². The third kappa shape index (κ3) is 2.33. The maximum Gasteiger partial charge on any atom is 0.405 e. The summed E-state index contributed by atoms with van der Waals surface area (Å²) in [5.41, 5.74) is 1.07. The van der Waals surface area contributed by atoms with Crippen molar-refractivity contribution < 1.29 is 19.4 Å². The molecular formula is C12H14FNO3. The minimum atomic E-state index is -1.11. The van der Waals surface area contributed by atoms with Crippen LogP contribution in [0.2, 0.25) is 0 Å². The molecule has 0 saturated carbocycles. The average molecular weight is 239 g/mol. The summed E-state index contributed by atoms with van der Waals surface area (Å²) in [7, 11) is 0. The predicted octanol–water partition coefficient (Wildman–Crippen LogP) is 2.57. The number of phenols is 1. The zero-order valence-corrected chi connectivity index (χ0v) is 9.24. The van der Waals surface area contributed by atoms with E-state index in [9.17, 15) is 14.3 Å². The van der Waals surface area contributed by atoms with E-state index in [1.54, 1.807) is 6.07 Å². The maximum absolute atomic E-state index is 13.7. The molecule has 0 spiro atoms. The van der Waals surface area contributed by atoms with Crippen LogP contribution < -0.4 is 5.32 Å². The summed E-state index contributed by atoms with van der Waals surface area (Å²) < 4.78 is 13.7. The number of hydrogen-bond donors (Lipinski definition) is 3. The molecule has 0 bridgehead atoms. The van der Waals surface area contributed by atoms with Gasteiger partial charge < -0.3 is 15.5 Å². The molecule has 0 aromatic heterocycles. The van der Waals surface area contributed by atoms with E-state index in [2.05, 4.69) is 5.32 Å². The normalized spacial score (nSPS) is 19.2. The van der Waals surface area contributed by atoms with Crippen LogP contribution >= 0.6 is 0 Å². The number of hydrogen-bond acceptors (Lipinski definition) is 2. The van der Waals surface area contributed by atoms with Gasteiger partial charge in [-0.3, -0.25) is 0 Å². The van der Waals surface area contributed by atoms with Gasteiger partial charge >= 0.3 is 6.09 Å². The Hall–Kier alpha value is -1.78. The first kappa shape index (κ1) is 11.7. The van der Waals surface area contributed by atoms with E-state index in [-0.39, 0.29) is 11.8 Å². The van der Waals surface area contributed by atoms with Gasteiger partial charge in [0.05, 0.1) is 6.04 Å². The van der Waals surface area contributed by atoms with E-state index in [4.69, 9.17) is 5.11 Å². The standard InChI is InChI=1S/C12H14FNO3/c13-11-8-3-1-2-4-9(14-12(16)17)7(8)5-6-10(11)15/h5-6,9,14-15H,1-4H2,(H,16,17)/t9-/m1/s1. The number of rotatable bonds is 1. The molecule has 1 amide bonds. The van der Waals surface area contributed by atoms with Crippen LogP contribution in [-0.2, 0) is 6.42 Å². The number of carbonyl (C=O) groups is 1. The molecule has 0 fully saturated rings. The van der Waals surface area contributed by atoms with Gasteiger partial charge in [-0.1, -0.05) is 12.5 Å². The van der Waals surface area contributed by atoms with Crippen LogP contribution in [0.4, 0.5) is 9.18 Å². The van der Waals surface area contributed by atoms with Gasteiger partial charge in [-0.2, -0.15) is 0 Å². The highest BCUT2D eigenvalue weighted by molar-refractivity contribution is 5.65. The first-order valence-electron chi connectivity index (χ1n) is 5.59. The molecule has 0 aliphatic heterocycles. The van der Waals surface area contributed by atoms with Crippen LogP contribution in [0.1, 0.15) is 36.4 Å². The lowest BCUT2D eigenvalue weighted by molar-refractivity contribution is 0.189. The second-order valence-corrected chi connectivity index (χ2v) is 4.21. The third-order valence-electron chi connectivity index (χ3n) is 3.10. The van der Waals surface area contributed by atoms with Crippen LogP contribution in [-0.4, -0.2) is 16.3 Å². The molecule has 1 aromatic rings. The maximum atomic E-state index is 13.7. The number of fused-ring (bicyclic) bond motifs is 1. The summed E-state index contributed by atoms with van der Waals surface area (Å²) in [6.45, 7) is 0. The Bertz CT molecular complexity index is 448. The lowest BCUT2D eigenvalue weighted by atomic mass is 9.98. The molecule has 1 atom stereocenters. The van der Waals surface area contributed by atoms with Crippen molar-refractivity contribution in [2.24, 2.45) is 0 Å². The fraction of sp³-hybridized carbons (Fsp3) is 0.417. The molecule has 92 valence electrons. The van der Waals surface area contributed by atoms with Gasteiger partial charge in [0.15, 0.2) is 11.6 Å². The summed E-state index contributed by atoms with van der Waals surface area (Å²) >= 11 is 0. The highest BCUT2D eigenvalue weighted by atomic mass is 19.1. The minimum Gasteiger partial charge on any atom is -0.505 e. The quantitative estimate of drug-likeness (QED) is 0.660. The van der Waals surface area contributed by atoms with Gasteiger partial charge in [-0.25, -0.2) is 9.18 Å². The van der Waals surface area contributed by atoms with Crippen molar-refractivity contribution in [1.82, 2.24) is 5.32 Å². The fourth-order valence-corrected chi connectivity index (χ4v) is 2.31. The lowest BCUT2D eigenvalue weighted by Crippen LogP contribution is -2.27. The molecule has 0 heterocycles. The van der Waals surface area contributed by atoms with Gasteiger partial charge in [-0.15, -0.1) is 0 Å². The largest absolute Gasteiger partial charge is 0.505 e. The summed E-state index contributed by atoms with van der Waals surface area (Å²) in [6.07, 6.45) is 1.71. The Morgan fingerprint density at radius 3 is 2.88 bits per heavy atom. The van der Waals surface area contributed by atoms with Crippen molar-refractivity contribution in [3.05, 3.63) is 29.1 Å². The molecule has 5 heteroatoms. The van der Waals surface area contributed by atoms with Crippen LogP contribution in [0.3, 0.4) is 0 Å². The number of halogens is 1. The van der Waals surface area contributed by atoms with Crippen molar-refractivity contribution >= 4 is 6.09 Å². The lowest BCUT2D eigenvalue weighted by Gasteiger charge is -2.18. The van der Waals surface area contributed by atoms with E-state index >= 15 is 0 Å². The highest BCUT2D eigenvalue weighted by Gasteiger charge is 2.23. The minimum absolute atomic E-state index is 0.375. The molecule has 0 saturated heterocycles. The number of nitrogens with one attached hydrogen (secondary N) is 1. The smallest absolute Gasteiger partial charge is 0.405 e. The number of benzene rings is 1. The zero-order chi connectivity index (χ0) is 12.4. The zero-order valence-electron chi connectivity index (χ0n) is 9.24. The molecule has 1 aliphatic rings. The van der Waals surface area contributed by atoms with Gasteiger partial charge in [-0.05, 0) is 36.5 Å². The second-order valence-electron chi connectivity index (χ2n) is 4.21. The summed E-state index contributed by atoms with van der Waals surface area (Å²) in [4.78, 5) is 10.7. The topological polar surface area (TPSA) is 69.6 Å². The van der Waals surface area contributed by atoms with Gasteiger partial charge in [0.2, 0.25) is 0 Å². The Morgan fingerprint density at radius 1 is 1.41 bits per heavy atom. The van der Waals surface area contributed by atoms with Crippen LogP contribution in [0.15, 0.2) is 12.1 Å². The number of amides is 1. The molecule has 1 aliphatic carbocycles. The number of phenolic OH excluding ortho intramolecular Hbond substituents is 1. The Labute approximate surface area is 98.1 Å². The summed E-state index contributed by atoms with van der Waals surface area (Å²) in [5, 5.41) is 20.5. The summed E-state index contributed by atoms with van der Waals surface area (Å²) in [6, 6.07) is 2.48. The Kier molecular flexibility index (Phi) is 3.17. The third-order valence-corrected chi connectivity index (χ3v) is 3.10. The van der Waals surface area contributed by atoms with E-state index in [1.165, 1.54) is 6.07 Å². The van der Waals surface area contributed by atoms with Gasteiger partial charge in [0.1, 0.15) is 0 Å². The molecule has 17 heavy (non-hydrogen) atoms. The van der Waals surface area contributed by atoms with Gasteiger partial charge in [0, 0.05) is 0 Å². The van der Waals surface area contributed by atoms with Crippen molar-refractivity contribution in [2.45, 2.75) is 31.7 Å². The van der Waals surface area contributed by atoms with E-state index in [1.807, 2.05) is 0 Å². The van der Waals surface area contributed by atoms with Crippen molar-refractivity contribution in [3.8, 4) is 5.75 Å². The van der Waals surface area contributed by atoms with E-state index in [0.717, 1.165) is 12.8 Å². The Morgan fingerprint density at radius 2 is 2.18 bits per heavy atom. The Balaban J connectivity index is 2.42. The molecular weight excluding hydrogens is 225 g/mol. The average Bonchev–Trinajstić information content (AvgIpc) is 2.46. The van der Waals surface area contributed by atoms with Crippen LogP contribution in [0.25, 0.3) is 0 Å². The fourth-order valence-electron chi connectivity index (χ4n) is 2.31. The SMILES string of the molecule is O=C(O)N[C@@H]1CCCCc2c1ccc(O)c2F. The molecule has 0 unspecified atom stereocenters. The molecule has 0 radical (unpaired) electrons. The monoisotopic (exact) mass is 239 g/mol. The molecule has 3 N–H and O–H groups in total. The second kappa shape index (κ2) is 4.61. The molecule has 1 aromatic carbocycles. The predicted molar refractivity (Wildman–Crippen MR) is 59.5 cm³/mol. The highest BCUT2D eigenvalue weighted by Crippen LogP contribution is 2.33. The van der Waals surface area contributed by atoms with Gasteiger partial charge in [0.25, 0.3) is 0 Å². The first-order valence-corrected chi connectivity index (χ1v) is 5.59. The first-order chi connectivity index (χ1) is 8.09. The number of aromatic hydroxyl groups is 1. The van der Waals surface area contributed by atoms with E-state index < -0.39 is 11.9 Å². The van der Waals surface area contributed by atoms with Crippen molar-refractivity contribution in [3.63, 3.8) is 0 Å². The van der Waals surface area contributed by atoms with E-state index in [0.29, 0.717) is 24.0 Å². The van der Waals surface area contributed by atoms with Crippen LogP contribution in [0.5, 0.6) is 5.75 Å².